The van der Waals surface area contributed by atoms with E-state index in [1.54, 1.807) is 24.3 Å². The summed E-state index contributed by atoms with van der Waals surface area (Å²) < 4.78 is 5.54. The van der Waals surface area contributed by atoms with Crippen LogP contribution in [-0.4, -0.2) is 30.1 Å². The highest BCUT2D eigenvalue weighted by atomic mass is 16.5. The molecule has 2 rings (SSSR count). The lowest BCUT2D eigenvalue weighted by Gasteiger charge is -2.18. The molecule has 0 aliphatic heterocycles. The minimum atomic E-state index is -0.603. The zero-order chi connectivity index (χ0) is 16.7. The summed E-state index contributed by atoms with van der Waals surface area (Å²) in [5.41, 5.74) is 1.83. The summed E-state index contributed by atoms with van der Waals surface area (Å²) in [7, 11) is 0. The Kier molecular flexibility index (Phi) is 6.32. The fraction of sp³-hybridized carbons (Fsp3) is 0.316. The topological polar surface area (TPSA) is 58.6 Å². The van der Waals surface area contributed by atoms with Crippen LogP contribution in [0.15, 0.2) is 54.6 Å². The summed E-state index contributed by atoms with van der Waals surface area (Å²) in [4.78, 5) is 11.2. The molecule has 0 saturated carbocycles. The first kappa shape index (κ1) is 17.2. The first-order valence-electron chi connectivity index (χ1n) is 7.76. The fourth-order valence-electron chi connectivity index (χ4n) is 2.21. The van der Waals surface area contributed by atoms with Crippen LogP contribution in [0.2, 0.25) is 0 Å². The number of benzene rings is 2. The van der Waals surface area contributed by atoms with Crippen molar-refractivity contribution in [2.45, 2.75) is 26.0 Å². The molecule has 122 valence electrons. The Labute approximate surface area is 137 Å². The molecular formula is C19H23NO3. The quantitative estimate of drug-likeness (QED) is 0.736. The summed E-state index contributed by atoms with van der Waals surface area (Å²) in [6.45, 7) is 4.23. The smallest absolute Gasteiger partial charge is 0.159 e. The number of aliphatic hydroxyl groups excluding tert-OH is 1. The number of carbonyl (C=O) groups is 1. The van der Waals surface area contributed by atoms with Gasteiger partial charge in [0.05, 0.1) is 0 Å². The van der Waals surface area contributed by atoms with Gasteiger partial charge in [-0.2, -0.15) is 0 Å². The Balaban J connectivity index is 1.74. The zero-order valence-corrected chi connectivity index (χ0v) is 13.5. The van der Waals surface area contributed by atoms with Gasteiger partial charge in [0.2, 0.25) is 0 Å². The minimum absolute atomic E-state index is 0.0238. The second-order valence-electron chi connectivity index (χ2n) is 5.59. The van der Waals surface area contributed by atoms with Crippen LogP contribution in [-0.2, 0) is 0 Å². The summed E-state index contributed by atoms with van der Waals surface area (Å²) in [5, 5.41) is 13.3. The summed E-state index contributed by atoms with van der Waals surface area (Å²) in [5.74, 6) is 0.667. The van der Waals surface area contributed by atoms with E-state index in [2.05, 4.69) is 24.4 Å². The Morgan fingerprint density at radius 2 is 1.78 bits per heavy atom. The monoisotopic (exact) mass is 313 g/mol. The largest absolute Gasteiger partial charge is 0.491 e. The molecule has 0 heterocycles. The molecule has 0 bridgehead atoms. The molecule has 0 unspecified atom stereocenters. The first-order chi connectivity index (χ1) is 11.1. The van der Waals surface area contributed by atoms with Crippen LogP contribution in [0.5, 0.6) is 5.75 Å². The second-order valence-corrected chi connectivity index (χ2v) is 5.59. The van der Waals surface area contributed by atoms with Crippen molar-refractivity contribution in [3.05, 3.63) is 65.7 Å². The molecule has 0 spiro atoms. The van der Waals surface area contributed by atoms with Crippen molar-refractivity contribution in [1.29, 1.82) is 0 Å². The SMILES string of the molecule is CC(=O)c1ccc(OC[C@H](O)CN[C@@H](C)c2ccccc2)cc1. The standard InChI is InChI=1S/C19H23NO3/c1-14(16-6-4-3-5-7-16)20-12-18(22)13-23-19-10-8-17(9-11-19)15(2)21/h3-11,14,18,20,22H,12-13H2,1-2H3/t14-,18+/m0/s1. The maximum absolute atomic E-state index is 11.2. The van der Waals surface area contributed by atoms with Gasteiger partial charge in [-0.15, -0.1) is 0 Å². The molecule has 4 heteroatoms. The lowest BCUT2D eigenvalue weighted by molar-refractivity contribution is 0.101. The Bertz CT molecular complexity index is 610. The zero-order valence-electron chi connectivity index (χ0n) is 13.5. The molecule has 4 nitrogen and oxygen atoms in total. The highest BCUT2D eigenvalue weighted by molar-refractivity contribution is 5.94. The average Bonchev–Trinajstić information content (AvgIpc) is 2.59. The highest BCUT2D eigenvalue weighted by Gasteiger charge is 2.09. The number of ketones is 1. The Morgan fingerprint density at radius 3 is 2.39 bits per heavy atom. The molecule has 23 heavy (non-hydrogen) atoms. The average molecular weight is 313 g/mol. The third-order valence-electron chi connectivity index (χ3n) is 3.66. The summed E-state index contributed by atoms with van der Waals surface area (Å²) in [6.07, 6.45) is -0.603. The van der Waals surface area contributed by atoms with Crippen molar-refractivity contribution in [2.75, 3.05) is 13.2 Å². The number of carbonyl (C=O) groups excluding carboxylic acids is 1. The molecule has 0 radical (unpaired) electrons. The molecule has 2 N–H and O–H groups in total. The van der Waals surface area contributed by atoms with Gasteiger partial charge in [0.25, 0.3) is 0 Å². The summed E-state index contributed by atoms with van der Waals surface area (Å²) >= 11 is 0. The molecular weight excluding hydrogens is 290 g/mol. The fourth-order valence-corrected chi connectivity index (χ4v) is 2.21. The third-order valence-corrected chi connectivity index (χ3v) is 3.66. The van der Waals surface area contributed by atoms with E-state index in [0.29, 0.717) is 17.9 Å². The van der Waals surface area contributed by atoms with Crippen molar-refractivity contribution in [3.8, 4) is 5.75 Å². The number of aliphatic hydroxyl groups is 1. The van der Waals surface area contributed by atoms with Crippen molar-refractivity contribution in [2.24, 2.45) is 0 Å². The number of hydrogen-bond acceptors (Lipinski definition) is 4. The van der Waals surface area contributed by atoms with E-state index in [-0.39, 0.29) is 18.4 Å². The van der Waals surface area contributed by atoms with Crippen molar-refractivity contribution in [3.63, 3.8) is 0 Å². The number of rotatable bonds is 8. The number of hydrogen-bond donors (Lipinski definition) is 2. The van der Waals surface area contributed by atoms with Crippen molar-refractivity contribution in [1.82, 2.24) is 5.32 Å². The summed E-state index contributed by atoms with van der Waals surface area (Å²) in [6, 6.07) is 17.2. The van der Waals surface area contributed by atoms with E-state index < -0.39 is 6.10 Å². The number of nitrogens with one attached hydrogen (secondary N) is 1. The van der Waals surface area contributed by atoms with Crippen LogP contribution >= 0.6 is 0 Å². The molecule has 2 aromatic carbocycles. The molecule has 0 aromatic heterocycles. The molecule has 2 aromatic rings. The van der Waals surface area contributed by atoms with Crippen LogP contribution in [0.1, 0.15) is 35.8 Å². The van der Waals surface area contributed by atoms with E-state index in [9.17, 15) is 9.90 Å². The Morgan fingerprint density at radius 1 is 1.13 bits per heavy atom. The molecule has 0 saturated heterocycles. The maximum Gasteiger partial charge on any atom is 0.159 e. The van der Waals surface area contributed by atoms with Crippen molar-refractivity contribution >= 4 is 5.78 Å². The molecule has 0 aliphatic carbocycles. The van der Waals surface area contributed by atoms with Gasteiger partial charge in [-0.1, -0.05) is 30.3 Å². The number of ether oxygens (including phenoxy) is 1. The van der Waals surface area contributed by atoms with Gasteiger partial charge in [0.15, 0.2) is 5.78 Å². The highest BCUT2D eigenvalue weighted by Crippen LogP contribution is 2.13. The van der Waals surface area contributed by atoms with Gasteiger partial charge in [-0.25, -0.2) is 0 Å². The van der Waals surface area contributed by atoms with Crippen LogP contribution in [0.3, 0.4) is 0 Å². The van der Waals surface area contributed by atoms with Crippen LogP contribution in [0.25, 0.3) is 0 Å². The molecule has 2 atom stereocenters. The van der Waals surface area contributed by atoms with Crippen molar-refractivity contribution < 1.29 is 14.6 Å². The maximum atomic E-state index is 11.2. The van der Waals surface area contributed by atoms with Crippen LogP contribution in [0, 0.1) is 0 Å². The molecule has 0 aliphatic rings. The normalized spacial score (nSPS) is 13.3. The van der Waals surface area contributed by atoms with Crippen LogP contribution < -0.4 is 10.1 Å². The third kappa shape index (κ3) is 5.51. The molecule has 0 amide bonds. The van der Waals surface area contributed by atoms with Gasteiger partial charge in [-0.05, 0) is 43.7 Å². The van der Waals surface area contributed by atoms with E-state index in [4.69, 9.17) is 4.74 Å². The first-order valence-corrected chi connectivity index (χ1v) is 7.76. The lowest BCUT2D eigenvalue weighted by atomic mass is 10.1. The molecule has 0 fully saturated rings. The second kappa shape index (κ2) is 8.46. The predicted molar refractivity (Wildman–Crippen MR) is 90.8 cm³/mol. The number of Topliss-reactive ketones (excluding diaryl/α,β-unsaturated/α-hetero) is 1. The minimum Gasteiger partial charge on any atom is -0.491 e. The van der Waals surface area contributed by atoms with Gasteiger partial charge in [0, 0.05) is 18.2 Å². The predicted octanol–water partition coefficient (Wildman–Crippen LogP) is 2.98. The van der Waals surface area contributed by atoms with E-state index in [1.807, 2.05) is 18.2 Å². The van der Waals surface area contributed by atoms with Crippen LogP contribution in [0.4, 0.5) is 0 Å². The van der Waals surface area contributed by atoms with Gasteiger partial charge < -0.3 is 15.2 Å². The lowest BCUT2D eigenvalue weighted by Crippen LogP contribution is -2.33. The van der Waals surface area contributed by atoms with E-state index in [1.165, 1.54) is 12.5 Å². The van der Waals surface area contributed by atoms with E-state index in [0.717, 1.165) is 0 Å². The Hall–Kier alpha value is -2.17. The van der Waals surface area contributed by atoms with E-state index >= 15 is 0 Å². The van der Waals surface area contributed by atoms with Gasteiger partial charge >= 0.3 is 0 Å². The van der Waals surface area contributed by atoms with Gasteiger partial charge in [0.1, 0.15) is 18.5 Å². The van der Waals surface area contributed by atoms with Gasteiger partial charge in [-0.3, -0.25) is 4.79 Å².